The molecule has 2 nitrogen and oxygen atoms in total. The average Bonchev–Trinajstić information content (AvgIpc) is 2.67. The lowest BCUT2D eigenvalue weighted by Crippen LogP contribution is -2.19. The van der Waals surface area contributed by atoms with E-state index in [9.17, 15) is 0 Å². The van der Waals surface area contributed by atoms with Gasteiger partial charge < -0.3 is 5.32 Å². The molecular formula is C14H17BrN2S. The van der Waals surface area contributed by atoms with Crippen molar-refractivity contribution < 1.29 is 0 Å². The van der Waals surface area contributed by atoms with Gasteiger partial charge in [0.15, 0.2) is 0 Å². The van der Waals surface area contributed by atoms with Crippen LogP contribution in [-0.2, 0) is 6.54 Å². The predicted octanol–water partition coefficient (Wildman–Crippen LogP) is 4.37. The third kappa shape index (κ3) is 3.19. The number of aromatic nitrogens is 1. The summed E-state index contributed by atoms with van der Waals surface area (Å²) in [5, 5.41) is 4.66. The Labute approximate surface area is 121 Å². The van der Waals surface area contributed by atoms with Crippen molar-refractivity contribution in [2.75, 3.05) is 0 Å². The first-order valence-corrected chi connectivity index (χ1v) is 7.59. The van der Waals surface area contributed by atoms with Crippen LogP contribution >= 0.6 is 27.3 Å². The molecule has 1 heterocycles. The fourth-order valence-electron chi connectivity index (χ4n) is 1.95. The van der Waals surface area contributed by atoms with Gasteiger partial charge >= 0.3 is 0 Å². The van der Waals surface area contributed by atoms with Gasteiger partial charge in [0.25, 0.3) is 0 Å². The topological polar surface area (TPSA) is 24.9 Å². The normalized spacial score (nSPS) is 12.7. The molecule has 0 bridgehead atoms. The molecule has 1 aromatic heterocycles. The number of benzene rings is 1. The minimum atomic E-state index is 0.280. The van der Waals surface area contributed by atoms with E-state index in [2.05, 4.69) is 65.2 Å². The second-order valence-electron chi connectivity index (χ2n) is 4.37. The van der Waals surface area contributed by atoms with E-state index in [4.69, 9.17) is 0 Å². The van der Waals surface area contributed by atoms with Crippen LogP contribution in [-0.4, -0.2) is 4.98 Å². The van der Waals surface area contributed by atoms with E-state index in [0.717, 1.165) is 16.0 Å². The Balaban J connectivity index is 2.03. The molecule has 0 amide bonds. The number of thiazole rings is 1. The van der Waals surface area contributed by atoms with Gasteiger partial charge in [-0.2, -0.15) is 0 Å². The third-order valence-corrected chi connectivity index (χ3v) is 4.58. The first kappa shape index (κ1) is 13.7. The van der Waals surface area contributed by atoms with Crippen LogP contribution in [0.4, 0.5) is 0 Å². The molecule has 96 valence electrons. The molecule has 18 heavy (non-hydrogen) atoms. The van der Waals surface area contributed by atoms with Gasteiger partial charge in [0, 0.05) is 21.9 Å². The van der Waals surface area contributed by atoms with Gasteiger partial charge in [0.1, 0.15) is 0 Å². The van der Waals surface area contributed by atoms with Crippen LogP contribution in [0.25, 0.3) is 0 Å². The van der Waals surface area contributed by atoms with E-state index in [1.807, 2.05) is 6.07 Å². The lowest BCUT2D eigenvalue weighted by Gasteiger charge is -2.13. The van der Waals surface area contributed by atoms with Crippen molar-refractivity contribution in [1.82, 2.24) is 10.3 Å². The van der Waals surface area contributed by atoms with Gasteiger partial charge in [-0.05, 0) is 32.4 Å². The first-order valence-electron chi connectivity index (χ1n) is 5.98. The summed E-state index contributed by atoms with van der Waals surface area (Å²) in [5.41, 5.74) is 2.44. The Bertz CT molecular complexity index is 536. The van der Waals surface area contributed by atoms with Crippen LogP contribution in [0.2, 0.25) is 0 Å². The average molecular weight is 325 g/mol. The number of aryl methyl sites for hydroxylation is 2. The molecule has 0 aliphatic rings. The van der Waals surface area contributed by atoms with Gasteiger partial charge in [0.05, 0.1) is 10.7 Å². The zero-order valence-electron chi connectivity index (χ0n) is 10.8. The standard InChI is InChI=1S/C14H17BrN2S/c1-9(14-10(2)18-11(3)17-14)16-8-12-6-4-5-7-13(12)15/h4-7,9,16H,8H2,1-3H3. The molecule has 0 aliphatic carbocycles. The van der Waals surface area contributed by atoms with Crippen molar-refractivity contribution >= 4 is 27.3 Å². The number of nitrogens with zero attached hydrogens (tertiary/aromatic N) is 1. The summed E-state index contributed by atoms with van der Waals surface area (Å²) in [4.78, 5) is 5.89. The van der Waals surface area contributed by atoms with E-state index < -0.39 is 0 Å². The summed E-state index contributed by atoms with van der Waals surface area (Å²) in [6, 6.07) is 8.57. The summed E-state index contributed by atoms with van der Waals surface area (Å²) < 4.78 is 1.15. The molecule has 0 aliphatic heterocycles. The highest BCUT2D eigenvalue weighted by Gasteiger charge is 2.12. The third-order valence-electron chi connectivity index (χ3n) is 2.91. The molecular weight excluding hydrogens is 308 g/mol. The quantitative estimate of drug-likeness (QED) is 0.903. The maximum Gasteiger partial charge on any atom is 0.0900 e. The van der Waals surface area contributed by atoms with E-state index >= 15 is 0 Å². The zero-order valence-corrected chi connectivity index (χ0v) is 13.2. The summed E-state index contributed by atoms with van der Waals surface area (Å²) >= 11 is 5.33. The SMILES string of the molecule is Cc1nc(C(C)NCc2ccccc2Br)c(C)s1. The zero-order chi connectivity index (χ0) is 13.1. The number of rotatable bonds is 4. The Morgan fingerprint density at radius 3 is 2.67 bits per heavy atom. The minimum absolute atomic E-state index is 0.280. The Kier molecular flexibility index (Phi) is 4.54. The van der Waals surface area contributed by atoms with Gasteiger partial charge in [-0.3, -0.25) is 0 Å². The van der Waals surface area contributed by atoms with E-state index in [1.165, 1.54) is 16.1 Å². The Morgan fingerprint density at radius 2 is 2.06 bits per heavy atom. The van der Waals surface area contributed by atoms with Crippen LogP contribution < -0.4 is 5.32 Å². The summed E-state index contributed by atoms with van der Waals surface area (Å²) in [6.07, 6.45) is 0. The van der Waals surface area contributed by atoms with E-state index in [1.54, 1.807) is 11.3 Å². The van der Waals surface area contributed by atoms with Crippen LogP contribution in [0.15, 0.2) is 28.7 Å². The smallest absolute Gasteiger partial charge is 0.0900 e. The molecule has 1 aromatic carbocycles. The maximum absolute atomic E-state index is 4.59. The van der Waals surface area contributed by atoms with E-state index in [0.29, 0.717) is 0 Å². The molecule has 2 rings (SSSR count). The Hall–Kier alpha value is -0.710. The van der Waals surface area contributed by atoms with Crippen molar-refractivity contribution in [1.29, 1.82) is 0 Å². The van der Waals surface area contributed by atoms with Crippen LogP contribution in [0.5, 0.6) is 0 Å². The molecule has 1 unspecified atom stereocenters. The molecule has 4 heteroatoms. The summed E-state index contributed by atoms with van der Waals surface area (Å²) in [6.45, 7) is 7.20. The molecule has 0 saturated heterocycles. The van der Waals surface area contributed by atoms with Gasteiger partial charge in [-0.25, -0.2) is 4.98 Å². The minimum Gasteiger partial charge on any atom is -0.305 e. The number of halogens is 1. The molecule has 2 aromatic rings. The van der Waals surface area contributed by atoms with Crippen molar-refractivity contribution in [3.8, 4) is 0 Å². The molecule has 0 radical (unpaired) electrons. The van der Waals surface area contributed by atoms with Gasteiger partial charge in [-0.15, -0.1) is 11.3 Å². The molecule has 0 spiro atoms. The van der Waals surface area contributed by atoms with Gasteiger partial charge in [0.2, 0.25) is 0 Å². The summed E-state index contributed by atoms with van der Waals surface area (Å²) in [7, 11) is 0. The maximum atomic E-state index is 4.59. The van der Waals surface area contributed by atoms with Crippen molar-refractivity contribution in [3.05, 3.63) is 49.9 Å². The molecule has 0 saturated carbocycles. The molecule has 1 atom stereocenters. The number of hydrogen-bond acceptors (Lipinski definition) is 3. The second-order valence-corrected chi connectivity index (χ2v) is 6.63. The fourth-order valence-corrected chi connectivity index (χ4v) is 3.29. The highest BCUT2D eigenvalue weighted by molar-refractivity contribution is 9.10. The predicted molar refractivity (Wildman–Crippen MR) is 81.0 cm³/mol. The Morgan fingerprint density at radius 1 is 1.33 bits per heavy atom. The van der Waals surface area contributed by atoms with Crippen LogP contribution in [0, 0.1) is 13.8 Å². The van der Waals surface area contributed by atoms with Gasteiger partial charge in [-0.1, -0.05) is 34.1 Å². The molecule has 0 fully saturated rings. The highest BCUT2D eigenvalue weighted by Crippen LogP contribution is 2.23. The first-order chi connectivity index (χ1) is 8.58. The number of nitrogens with one attached hydrogen (secondary N) is 1. The molecule has 1 N–H and O–H groups in total. The van der Waals surface area contributed by atoms with Crippen molar-refractivity contribution in [3.63, 3.8) is 0 Å². The lowest BCUT2D eigenvalue weighted by atomic mass is 10.2. The monoisotopic (exact) mass is 324 g/mol. The largest absolute Gasteiger partial charge is 0.305 e. The second kappa shape index (κ2) is 5.95. The number of hydrogen-bond donors (Lipinski definition) is 1. The fraction of sp³-hybridized carbons (Fsp3) is 0.357. The van der Waals surface area contributed by atoms with Crippen LogP contribution in [0.3, 0.4) is 0 Å². The van der Waals surface area contributed by atoms with E-state index in [-0.39, 0.29) is 6.04 Å². The highest BCUT2D eigenvalue weighted by atomic mass is 79.9. The van der Waals surface area contributed by atoms with Crippen molar-refractivity contribution in [2.24, 2.45) is 0 Å². The lowest BCUT2D eigenvalue weighted by molar-refractivity contribution is 0.560. The van der Waals surface area contributed by atoms with Crippen molar-refractivity contribution in [2.45, 2.75) is 33.4 Å². The van der Waals surface area contributed by atoms with Crippen LogP contribution in [0.1, 0.15) is 34.1 Å². The summed E-state index contributed by atoms with van der Waals surface area (Å²) in [5.74, 6) is 0.